The molecule has 11 heteroatoms. The van der Waals surface area contributed by atoms with Gasteiger partial charge in [0.25, 0.3) is 10.0 Å². The van der Waals surface area contributed by atoms with E-state index in [0.29, 0.717) is 21.6 Å². The fraction of sp³-hybridized carbons (Fsp3) is 0.0625. The molecule has 2 heterocycles. The van der Waals surface area contributed by atoms with E-state index in [-0.39, 0.29) is 16.2 Å². The monoisotopic (exact) mass is 467 g/mol. The first kappa shape index (κ1) is 18.0. The van der Waals surface area contributed by atoms with Gasteiger partial charge in [-0.05, 0) is 50.0 Å². The quantitative estimate of drug-likeness (QED) is 0.479. The molecular formula is C16H11BrClN5O3S. The SMILES string of the molecule is O=S(=O)(Nc1nn(Cc2ccccc2Cl)cc1Br)c1cccc2nonc12. The van der Waals surface area contributed by atoms with E-state index in [1.165, 1.54) is 6.07 Å². The van der Waals surface area contributed by atoms with Gasteiger partial charge in [-0.1, -0.05) is 35.9 Å². The van der Waals surface area contributed by atoms with Crippen LogP contribution in [0, 0.1) is 0 Å². The van der Waals surface area contributed by atoms with E-state index in [1.807, 2.05) is 18.2 Å². The Morgan fingerprint density at radius 1 is 1.15 bits per heavy atom. The predicted molar refractivity (Wildman–Crippen MR) is 103 cm³/mol. The summed E-state index contributed by atoms with van der Waals surface area (Å²) >= 11 is 9.49. The van der Waals surface area contributed by atoms with E-state index < -0.39 is 10.0 Å². The number of hydrogen-bond donors (Lipinski definition) is 1. The van der Waals surface area contributed by atoms with Gasteiger partial charge >= 0.3 is 0 Å². The lowest BCUT2D eigenvalue weighted by Crippen LogP contribution is -2.14. The van der Waals surface area contributed by atoms with Crippen LogP contribution in [0.15, 0.2) is 62.7 Å². The van der Waals surface area contributed by atoms with Gasteiger partial charge in [-0.15, -0.1) is 0 Å². The maximum absolute atomic E-state index is 12.8. The second-order valence-electron chi connectivity index (χ2n) is 5.61. The second kappa shape index (κ2) is 6.95. The highest BCUT2D eigenvalue weighted by atomic mass is 79.9. The van der Waals surface area contributed by atoms with Gasteiger partial charge in [-0.25, -0.2) is 13.0 Å². The molecule has 0 atom stereocenters. The van der Waals surface area contributed by atoms with Crippen LogP contribution in [0.5, 0.6) is 0 Å². The Balaban J connectivity index is 1.64. The molecule has 0 spiro atoms. The predicted octanol–water partition coefficient (Wildman–Crippen LogP) is 3.68. The summed E-state index contributed by atoms with van der Waals surface area (Å²) in [5.74, 6) is 0.149. The Morgan fingerprint density at radius 2 is 1.96 bits per heavy atom. The number of benzene rings is 2. The van der Waals surface area contributed by atoms with Gasteiger partial charge in [-0.3, -0.25) is 9.40 Å². The molecule has 0 aliphatic carbocycles. The Bertz CT molecular complexity index is 1240. The van der Waals surface area contributed by atoms with Crippen molar-refractivity contribution >= 4 is 54.4 Å². The molecule has 0 unspecified atom stereocenters. The number of anilines is 1. The van der Waals surface area contributed by atoms with Gasteiger partial charge in [0.15, 0.2) is 11.3 Å². The number of aromatic nitrogens is 4. The molecule has 0 aliphatic heterocycles. The zero-order valence-electron chi connectivity index (χ0n) is 13.5. The first-order valence-electron chi connectivity index (χ1n) is 7.64. The van der Waals surface area contributed by atoms with Crippen LogP contribution in [0.1, 0.15) is 5.56 Å². The number of sulfonamides is 1. The lowest BCUT2D eigenvalue weighted by atomic mass is 10.2. The molecule has 0 saturated carbocycles. The minimum atomic E-state index is -3.94. The van der Waals surface area contributed by atoms with E-state index in [4.69, 9.17) is 11.6 Å². The molecule has 8 nitrogen and oxygen atoms in total. The van der Waals surface area contributed by atoms with Crippen LogP contribution in [0.25, 0.3) is 11.0 Å². The summed E-state index contributed by atoms with van der Waals surface area (Å²) in [4.78, 5) is -0.0474. The van der Waals surface area contributed by atoms with Crippen LogP contribution in [0.4, 0.5) is 5.82 Å². The zero-order valence-corrected chi connectivity index (χ0v) is 16.7. The molecule has 0 fully saturated rings. The van der Waals surface area contributed by atoms with Crippen molar-refractivity contribution in [2.75, 3.05) is 4.72 Å². The molecule has 0 aliphatic rings. The van der Waals surface area contributed by atoms with Crippen LogP contribution >= 0.6 is 27.5 Å². The van der Waals surface area contributed by atoms with E-state index in [0.717, 1.165) is 5.56 Å². The lowest BCUT2D eigenvalue weighted by molar-refractivity contribution is 0.315. The summed E-state index contributed by atoms with van der Waals surface area (Å²) in [5, 5.41) is 12.2. The highest BCUT2D eigenvalue weighted by Crippen LogP contribution is 2.27. The van der Waals surface area contributed by atoms with Crippen molar-refractivity contribution in [3.05, 3.63) is 63.7 Å². The number of halogens is 2. The maximum Gasteiger partial charge on any atom is 0.265 e. The third-order valence-electron chi connectivity index (χ3n) is 3.78. The third kappa shape index (κ3) is 3.55. The minimum absolute atomic E-state index is 0.0474. The summed E-state index contributed by atoms with van der Waals surface area (Å²) in [6.07, 6.45) is 1.67. The van der Waals surface area contributed by atoms with Gasteiger partial charge in [0.1, 0.15) is 10.4 Å². The number of rotatable bonds is 5. The highest BCUT2D eigenvalue weighted by molar-refractivity contribution is 9.10. The van der Waals surface area contributed by atoms with E-state index >= 15 is 0 Å². The Morgan fingerprint density at radius 3 is 2.78 bits per heavy atom. The minimum Gasteiger partial charge on any atom is -0.265 e. The summed E-state index contributed by atoms with van der Waals surface area (Å²) < 4.78 is 34.7. The van der Waals surface area contributed by atoms with Crippen molar-refractivity contribution in [1.29, 1.82) is 0 Å². The van der Waals surface area contributed by atoms with E-state index in [1.54, 1.807) is 29.1 Å². The largest absolute Gasteiger partial charge is 0.265 e. The normalized spacial score (nSPS) is 11.8. The number of fused-ring (bicyclic) bond motifs is 1. The average Bonchev–Trinajstić information content (AvgIpc) is 3.23. The molecule has 0 amide bonds. The van der Waals surface area contributed by atoms with E-state index in [9.17, 15) is 8.42 Å². The standard InChI is InChI=1S/C16H11BrClN5O3S/c17-11-9-23(8-10-4-1-2-5-12(10)18)19-16(11)22-27(24,25)14-7-3-6-13-15(14)21-26-20-13/h1-7,9H,8H2,(H,19,22). The smallest absolute Gasteiger partial charge is 0.265 e. The summed E-state index contributed by atoms with van der Waals surface area (Å²) in [7, 11) is -3.94. The molecule has 0 saturated heterocycles. The van der Waals surface area contributed by atoms with E-state index in [2.05, 4.69) is 40.7 Å². The summed E-state index contributed by atoms with van der Waals surface area (Å²) in [6.45, 7) is 0.392. The molecular weight excluding hydrogens is 458 g/mol. The molecule has 2 aromatic heterocycles. The average molecular weight is 469 g/mol. The second-order valence-corrected chi connectivity index (χ2v) is 8.52. The van der Waals surface area contributed by atoms with Crippen LogP contribution in [0.2, 0.25) is 5.02 Å². The van der Waals surface area contributed by atoms with Gasteiger partial charge in [0.05, 0.1) is 11.0 Å². The maximum atomic E-state index is 12.8. The molecule has 2 aromatic carbocycles. The fourth-order valence-electron chi connectivity index (χ4n) is 2.53. The van der Waals surface area contributed by atoms with Crippen molar-refractivity contribution in [3.63, 3.8) is 0 Å². The van der Waals surface area contributed by atoms with Crippen molar-refractivity contribution < 1.29 is 13.0 Å². The van der Waals surface area contributed by atoms with Crippen molar-refractivity contribution in [1.82, 2.24) is 20.1 Å². The number of nitrogens with one attached hydrogen (secondary N) is 1. The number of nitrogens with zero attached hydrogens (tertiary/aromatic N) is 4. The first-order valence-corrected chi connectivity index (χ1v) is 10.3. The van der Waals surface area contributed by atoms with Crippen LogP contribution in [0.3, 0.4) is 0 Å². The number of hydrogen-bond acceptors (Lipinski definition) is 6. The van der Waals surface area contributed by atoms with Crippen LogP contribution in [-0.4, -0.2) is 28.5 Å². The lowest BCUT2D eigenvalue weighted by Gasteiger charge is -2.06. The topological polar surface area (TPSA) is 103 Å². The fourth-order valence-corrected chi connectivity index (χ4v) is 4.44. The van der Waals surface area contributed by atoms with Crippen molar-refractivity contribution in [3.8, 4) is 0 Å². The van der Waals surface area contributed by atoms with Crippen LogP contribution in [-0.2, 0) is 16.6 Å². The molecule has 0 bridgehead atoms. The molecule has 138 valence electrons. The van der Waals surface area contributed by atoms with Crippen LogP contribution < -0.4 is 4.72 Å². The van der Waals surface area contributed by atoms with Gasteiger partial charge in [-0.2, -0.15) is 5.10 Å². The molecule has 4 aromatic rings. The Labute approximate surface area is 167 Å². The Hall–Kier alpha value is -2.43. The van der Waals surface area contributed by atoms with Crippen molar-refractivity contribution in [2.24, 2.45) is 0 Å². The summed E-state index contributed by atoms with van der Waals surface area (Å²) in [5.41, 5.74) is 1.36. The first-order chi connectivity index (χ1) is 12.9. The Kier molecular flexibility index (Phi) is 4.62. The zero-order chi connectivity index (χ0) is 19.0. The molecule has 4 rings (SSSR count). The summed E-state index contributed by atoms with van der Waals surface area (Å²) in [6, 6.07) is 12.0. The molecule has 0 radical (unpaired) electrons. The molecule has 1 N–H and O–H groups in total. The van der Waals surface area contributed by atoms with Gasteiger partial charge in [0.2, 0.25) is 0 Å². The van der Waals surface area contributed by atoms with Gasteiger partial charge in [0, 0.05) is 11.2 Å². The van der Waals surface area contributed by atoms with Gasteiger partial charge < -0.3 is 0 Å². The highest BCUT2D eigenvalue weighted by Gasteiger charge is 2.23. The van der Waals surface area contributed by atoms with Crippen molar-refractivity contribution in [2.45, 2.75) is 11.4 Å². The third-order valence-corrected chi connectivity index (χ3v) is 6.10. The molecule has 27 heavy (non-hydrogen) atoms.